The maximum atomic E-state index is 10.4. The van der Waals surface area contributed by atoms with Crippen LogP contribution < -0.4 is 11.3 Å². The van der Waals surface area contributed by atoms with Gasteiger partial charge in [-0.05, 0) is 28.1 Å². The van der Waals surface area contributed by atoms with Gasteiger partial charge in [0.1, 0.15) is 0 Å². The summed E-state index contributed by atoms with van der Waals surface area (Å²) in [5, 5.41) is 10.4. The number of nitrogens with one attached hydrogen (secondary N) is 1. The Balaban J connectivity index is 0.00000144. The molecule has 0 aliphatic rings. The molecule has 0 atom stereocenters. The molecule has 1 aromatic carbocycles. The Morgan fingerprint density at radius 3 is 2.62 bits per heavy atom. The van der Waals surface area contributed by atoms with E-state index in [4.69, 9.17) is 5.84 Å². The van der Waals surface area contributed by atoms with Gasteiger partial charge in [-0.25, -0.2) is 0 Å². The number of halogens is 2. The molecule has 13 heavy (non-hydrogen) atoms. The van der Waals surface area contributed by atoms with E-state index in [-0.39, 0.29) is 18.1 Å². The van der Waals surface area contributed by atoms with Crippen molar-refractivity contribution in [1.82, 2.24) is 0 Å². The molecule has 0 aliphatic heterocycles. The van der Waals surface area contributed by atoms with Gasteiger partial charge in [-0.1, -0.05) is 0 Å². The second-order valence-corrected chi connectivity index (χ2v) is 2.92. The zero-order valence-electron chi connectivity index (χ0n) is 6.36. The molecule has 0 unspecified atom stereocenters. The summed E-state index contributed by atoms with van der Waals surface area (Å²) in [7, 11) is 0. The van der Waals surface area contributed by atoms with Crippen molar-refractivity contribution >= 4 is 39.7 Å². The SMILES string of the molecule is Cl.NNc1ccc(Br)c([N+](=O)[O-])c1. The Hall–Kier alpha value is -0.850. The molecule has 1 rings (SSSR count). The highest BCUT2D eigenvalue weighted by Crippen LogP contribution is 2.27. The Morgan fingerprint density at radius 2 is 2.15 bits per heavy atom. The number of nitro groups is 1. The first-order valence-electron chi connectivity index (χ1n) is 3.05. The Bertz CT molecular complexity index is 321. The fraction of sp³-hybridized carbons (Fsp3) is 0. The first-order valence-corrected chi connectivity index (χ1v) is 3.85. The van der Waals surface area contributed by atoms with E-state index in [0.29, 0.717) is 10.2 Å². The summed E-state index contributed by atoms with van der Waals surface area (Å²) < 4.78 is 0.437. The first kappa shape index (κ1) is 12.2. The van der Waals surface area contributed by atoms with E-state index < -0.39 is 4.92 Å². The van der Waals surface area contributed by atoms with Crippen LogP contribution in [0.25, 0.3) is 0 Å². The monoisotopic (exact) mass is 267 g/mol. The first-order chi connectivity index (χ1) is 5.65. The summed E-state index contributed by atoms with van der Waals surface area (Å²) in [6.07, 6.45) is 0. The van der Waals surface area contributed by atoms with E-state index in [1.807, 2.05) is 0 Å². The molecule has 0 heterocycles. The van der Waals surface area contributed by atoms with E-state index in [1.54, 1.807) is 12.1 Å². The van der Waals surface area contributed by atoms with Crippen LogP contribution in [0.1, 0.15) is 0 Å². The van der Waals surface area contributed by atoms with Gasteiger partial charge in [0.05, 0.1) is 15.1 Å². The van der Waals surface area contributed by atoms with Gasteiger partial charge in [0.2, 0.25) is 0 Å². The largest absolute Gasteiger partial charge is 0.324 e. The minimum Gasteiger partial charge on any atom is -0.324 e. The van der Waals surface area contributed by atoms with Crippen LogP contribution in [-0.2, 0) is 0 Å². The highest BCUT2D eigenvalue weighted by molar-refractivity contribution is 9.10. The van der Waals surface area contributed by atoms with Crippen LogP contribution in [0.15, 0.2) is 22.7 Å². The molecule has 3 N–H and O–H groups in total. The molecule has 0 saturated heterocycles. The average molecular weight is 268 g/mol. The van der Waals surface area contributed by atoms with Crippen LogP contribution in [0, 0.1) is 10.1 Å². The van der Waals surface area contributed by atoms with Crippen molar-refractivity contribution in [1.29, 1.82) is 0 Å². The van der Waals surface area contributed by atoms with Gasteiger partial charge < -0.3 is 5.43 Å². The minimum atomic E-state index is -0.481. The number of nitrogens with zero attached hydrogens (tertiary/aromatic N) is 1. The molecule has 0 aliphatic carbocycles. The summed E-state index contributed by atoms with van der Waals surface area (Å²) in [5.74, 6) is 5.08. The molecule has 0 bridgehead atoms. The molecule has 7 heteroatoms. The van der Waals surface area contributed by atoms with Gasteiger partial charge in [0.15, 0.2) is 0 Å². The standard InChI is InChI=1S/C6H6BrN3O2.ClH/c7-5-2-1-4(9-8)3-6(5)10(11)12;/h1-3,9H,8H2;1H. The summed E-state index contributed by atoms with van der Waals surface area (Å²) in [5.41, 5.74) is 2.82. The number of hydrogen-bond acceptors (Lipinski definition) is 4. The van der Waals surface area contributed by atoms with Gasteiger partial charge >= 0.3 is 0 Å². The molecule has 0 fully saturated rings. The van der Waals surface area contributed by atoms with Gasteiger partial charge in [-0.3, -0.25) is 16.0 Å². The topological polar surface area (TPSA) is 81.2 Å². The predicted octanol–water partition coefficient (Wildman–Crippen LogP) is 2.06. The fourth-order valence-corrected chi connectivity index (χ4v) is 1.13. The van der Waals surface area contributed by atoms with Gasteiger partial charge in [-0.2, -0.15) is 0 Å². The number of hydrazine groups is 1. The molecule has 0 aromatic heterocycles. The van der Waals surface area contributed by atoms with E-state index >= 15 is 0 Å². The van der Waals surface area contributed by atoms with Crippen molar-refractivity contribution < 1.29 is 4.92 Å². The molecular weight excluding hydrogens is 261 g/mol. The number of anilines is 1. The molecule has 5 nitrogen and oxygen atoms in total. The van der Waals surface area contributed by atoms with Crippen molar-refractivity contribution in [2.75, 3.05) is 5.43 Å². The van der Waals surface area contributed by atoms with E-state index in [9.17, 15) is 10.1 Å². The van der Waals surface area contributed by atoms with Crippen LogP contribution in [-0.4, -0.2) is 4.92 Å². The van der Waals surface area contributed by atoms with Gasteiger partial charge in [0.25, 0.3) is 5.69 Å². The highest BCUT2D eigenvalue weighted by atomic mass is 79.9. The third-order valence-corrected chi connectivity index (χ3v) is 1.98. The van der Waals surface area contributed by atoms with Gasteiger partial charge in [0, 0.05) is 6.07 Å². The second kappa shape index (κ2) is 5.00. The minimum absolute atomic E-state index is 0. The third kappa shape index (κ3) is 2.83. The summed E-state index contributed by atoms with van der Waals surface area (Å²) in [4.78, 5) is 9.92. The molecule has 0 spiro atoms. The highest BCUT2D eigenvalue weighted by Gasteiger charge is 2.11. The van der Waals surface area contributed by atoms with Crippen LogP contribution >= 0.6 is 28.3 Å². The molecule has 0 saturated carbocycles. The number of benzene rings is 1. The molecule has 1 aromatic rings. The number of hydrogen-bond donors (Lipinski definition) is 2. The third-order valence-electron chi connectivity index (χ3n) is 1.31. The van der Waals surface area contributed by atoms with Gasteiger partial charge in [-0.15, -0.1) is 12.4 Å². The van der Waals surface area contributed by atoms with Crippen molar-refractivity contribution in [3.8, 4) is 0 Å². The molecular formula is C6H7BrClN3O2. The predicted molar refractivity (Wildman–Crippen MR) is 55.9 cm³/mol. The van der Waals surface area contributed by atoms with Crippen molar-refractivity contribution in [2.24, 2.45) is 5.84 Å². The molecule has 0 radical (unpaired) electrons. The lowest BCUT2D eigenvalue weighted by molar-refractivity contribution is -0.385. The van der Waals surface area contributed by atoms with Crippen molar-refractivity contribution in [2.45, 2.75) is 0 Å². The smallest absolute Gasteiger partial charge is 0.285 e. The zero-order valence-corrected chi connectivity index (χ0v) is 8.76. The lowest BCUT2D eigenvalue weighted by atomic mass is 10.3. The zero-order chi connectivity index (χ0) is 9.14. The lowest BCUT2D eigenvalue weighted by Crippen LogP contribution is -2.06. The number of rotatable bonds is 2. The van der Waals surface area contributed by atoms with E-state index in [2.05, 4.69) is 21.4 Å². The Labute approximate surface area is 89.0 Å². The van der Waals surface area contributed by atoms with Crippen LogP contribution in [0.5, 0.6) is 0 Å². The molecule has 0 amide bonds. The maximum absolute atomic E-state index is 10.4. The van der Waals surface area contributed by atoms with Crippen molar-refractivity contribution in [3.05, 3.63) is 32.8 Å². The van der Waals surface area contributed by atoms with Crippen molar-refractivity contribution in [3.63, 3.8) is 0 Å². The summed E-state index contributed by atoms with van der Waals surface area (Å²) in [6, 6.07) is 4.55. The summed E-state index contributed by atoms with van der Waals surface area (Å²) >= 11 is 3.05. The Morgan fingerprint density at radius 1 is 1.54 bits per heavy atom. The number of nitro benzene ring substituents is 1. The van der Waals surface area contributed by atoms with Crippen LogP contribution in [0.4, 0.5) is 11.4 Å². The molecule has 72 valence electrons. The number of nitrogen functional groups attached to an aromatic ring is 1. The van der Waals surface area contributed by atoms with E-state index in [0.717, 1.165) is 0 Å². The normalized spacial score (nSPS) is 8.77. The van der Waals surface area contributed by atoms with Crippen LogP contribution in [0.2, 0.25) is 0 Å². The quantitative estimate of drug-likeness (QED) is 0.489. The summed E-state index contributed by atoms with van der Waals surface area (Å²) in [6.45, 7) is 0. The average Bonchev–Trinajstić information content (AvgIpc) is 2.05. The van der Waals surface area contributed by atoms with Crippen LogP contribution in [0.3, 0.4) is 0 Å². The maximum Gasteiger partial charge on any atom is 0.285 e. The fourth-order valence-electron chi connectivity index (χ4n) is 0.742. The number of nitrogens with two attached hydrogens (primary N) is 1. The lowest BCUT2D eigenvalue weighted by Gasteiger charge is -1.99. The second-order valence-electron chi connectivity index (χ2n) is 2.07. The van der Waals surface area contributed by atoms with E-state index in [1.165, 1.54) is 6.07 Å². The Kier molecular flexibility index (Phi) is 4.68.